The molecule has 0 saturated heterocycles. The van der Waals surface area contributed by atoms with E-state index in [1.807, 2.05) is 85.8 Å². The van der Waals surface area contributed by atoms with Crippen LogP contribution in [-0.4, -0.2) is 22.5 Å². The molecule has 1 aliphatic rings. The van der Waals surface area contributed by atoms with E-state index in [4.69, 9.17) is 14.5 Å². The van der Waals surface area contributed by atoms with Crippen LogP contribution in [0, 0.1) is 0 Å². The van der Waals surface area contributed by atoms with Crippen molar-refractivity contribution in [3.05, 3.63) is 108 Å². The van der Waals surface area contributed by atoms with Gasteiger partial charge in [0, 0.05) is 23.5 Å². The Morgan fingerprint density at radius 3 is 2.42 bits per heavy atom. The summed E-state index contributed by atoms with van der Waals surface area (Å²) in [4.78, 5) is 25.4. The predicted octanol–water partition coefficient (Wildman–Crippen LogP) is 6.56. The lowest BCUT2D eigenvalue weighted by atomic mass is 9.87. The summed E-state index contributed by atoms with van der Waals surface area (Å²) in [5.41, 5.74) is 3.36. The molecule has 0 unspecified atom stereocenters. The number of carbonyl (C=O) groups is 1. The van der Waals surface area contributed by atoms with Crippen LogP contribution in [0.5, 0.6) is 17.2 Å². The van der Waals surface area contributed by atoms with E-state index in [1.165, 1.54) is 11.3 Å². The monoisotopic (exact) mass is 493 g/mol. The van der Waals surface area contributed by atoms with Gasteiger partial charge in [0.1, 0.15) is 22.8 Å². The summed E-state index contributed by atoms with van der Waals surface area (Å²) in [6, 6.07) is 25.2. The minimum absolute atomic E-state index is 0.0703. The predicted molar refractivity (Wildman–Crippen MR) is 141 cm³/mol. The average Bonchev–Trinajstić information content (AvgIpc) is 3.36. The first-order chi connectivity index (χ1) is 17.7. The highest BCUT2D eigenvalue weighted by Crippen LogP contribution is 2.46. The van der Waals surface area contributed by atoms with E-state index < -0.39 is 5.92 Å². The number of amides is 1. The van der Waals surface area contributed by atoms with Gasteiger partial charge >= 0.3 is 0 Å². The molecule has 0 fully saturated rings. The summed E-state index contributed by atoms with van der Waals surface area (Å²) >= 11 is 1.48. The third-order valence-corrected chi connectivity index (χ3v) is 7.20. The number of rotatable bonds is 6. The van der Waals surface area contributed by atoms with Crippen LogP contribution in [0.25, 0.3) is 10.2 Å². The van der Waals surface area contributed by atoms with Gasteiger partial charge in [-0.2, -0.15) is 0 Å². The Hall–Kier alpha value is -4.23. The molecular formula is C29H23N3O3S. The summed E-state index contributed by atoms with van der Waals surface area (Å²) in [7, 11) is 0. The van der Waals surface area contributed by atoms with Gasteiger partial charge in [-0.1, -0.05) is 59.9 Å². The van der Waals surface area contributed by atoms with Crippen molar-refractivity contribution in [3.63, 3.8) is 0 Å². The summed E-state index contributed by atoms with van der Waals surface area (Å²) in [6.45, 7) is 2.84. The fourth-order valence-corrected chi connectivity index (χ4v) is 5.53. The Morgan fingerprint density at radius 2 is 1.72 bits per heavy atom. The van der Waals surface area contributed by atoms with E-state index in [0.29, 0.717) is 35.5 Å². The van der Waals surface area contributed by atoms with Crippen molar-refractivity contribution in [3.8, 4) is 17.2 Å². The molecule has 3 aromatic carbocycles. The van der Waals surface area contributed by atoms with Crippen molar-refractivity contribution in [2.75, 3.05) is 11.5 Å². The Labute approximate surface area is 212 Å². The van der Waals surface area contributed by atoms with E-state index in [0.717, 1.165) is 26.9 Å². The number of benzene rings is 3. The molecule has 6 nitrogen and oxygen atoms in total. The number of anilines is 1. The SMILES string of the molecule is CCOc1cccc2sc(N(Cc3cccnc3)C(=O)C3c4ccccc4Oc4ccccc43)nc12. The molecule has 36 heavy (non-hydrogen) atoms. The van der Waals surface area contributed by atoms with Crippen LogP contribution < -0.4 is 14.4 Å². The van der Waals surface area contributed by atoms with Gasteiger partial charge in [-0.15, -0.1) is 0 Å². The number of para-hydroxylation sites is 3. The summed E-state index contributed by atoms with van der Waals surface area (Å²) in [6.07, 6.45) is 3.51. The standard InChI is InChI=1S/C29H23N3O3S/c1-2-34-24-14-7-15-25-27(24)31-29(36-25)32(18-19-9-8-16-30-17-19)28(33)26-20-10-3-5-12-22(20)35-23-13-6-4-11-21(23)26/h3-17,26H,2,18H2,1H3. The van der Waals surface area contributed by atoms with Crippen molar-refractivity contribution >= 4 is 32.6 Å². The van der Waals surface area contributed by atoms with Crippen molar-refractivity contribution in [1.29, 1.82) is 0 Å². The zero-order valence-electron chi connectivity index (χ0n) is 19.6. The number of fused-ring (bicyclic) bond motifs is 3. The largest absolute Gasteiger partial charge is 0.492 e. The summed E-state index contributed by atoms with van der Waals surface area (Å²) in [5.74, 6) is 1.51. The van der Waals surface area contributed by atoms with Crippen molar-refractivity contribution in [2.24, 2.45) is 0 Å². The average molecular weight is 494 g/mol. The van der Waals surface area contributed by atoms with Crippen molar-refractivity contribution in [1.82, 2.24) is 9.97 Å². The third-order valence-electron chi connectivity index (χ3n) is 6.16. The summed E-state index contributed by atoms with van der Waals surface area (Å²) in [5, 5.41) is 0.618. The number of ether oxygens (including phenoxy) is 2. The molecule has 0 atom stereocenters. The number of carbonyl (C=O) groups excluding carboxylic acids is 1. The number of aromatic nitrogens is 2. The normalized spacial score (nSPS) is 12.5. The molecular weight excluding hydrogens is 470 g/mol. The van der Waals surface area contributed by atoms with E-state index in [-0.39, 0.29) is 5.91 Å². The maximum atomic E-state index is 14.5. The van der Waals surface area contributed by atoms with E-state index in [9.17, 15) is 4.79 Å². The number of pyridine rings is 1. The number of hydrogen-bond donors (Lipinski definition) is 0. The molecule has 0 spiro atoms. The van der Waals surface area contributed by atoms with Crippen LogP contribution in [0.3, 0.4) is 0 Å². The van der Waals surface area contributed by atoms with Gasteiger partial charge < -0.3 is 9.47 Å². The van der Waals surface area contributed by atoms with Crippen molar-refractivity contribution < 1.29 is 14.3 Å². The minimum atomic E-state index is -0.527. The minimum Gasteiger partial charge on any atom is -0.492 e. The van der Waals surface area contributed by atoms with Crippen LogP contribution in [0.1, 0.15) is 29.5 Å². The van der Waals surface area contributed by atoms with E-state index in [2.05, 4.69) is 4.98 Å². The number of nitrogens with zero attached hydrogens (tertiary/aromatic N) is 3. The smallest absolute Gasteiger partial charge is 0.241 e. The molecule has 0 N–H and O–H groups in total. The lowest BCUT2D eigenvalue weighted by Crippen LogP contribution is -2.36. The number of thiazole rings is 1. The first-order valence-corrected chi connectivity index (χ1v) is 12.6. The molecule has 1 amide bonds. The first-order valence-electron chi connectivity index (χ1n) is 11.8. The molecule has 0 radical (unpaired) electrons. The molecule has 5 aromatic rings. The zero-order valence-corrected chi connectivity index (χ0v) is 20.4. The van der Waals surface area contributed by atoms with Crippen LogP contribution in [0.4, 0.5) is 5.13 Å². The van der Waals surface area contributed by atoms with Gasteiger partial charge in [0.25, 0.3) is 0 Å². The van der Waals surface area contributed by atoms with Gasteiger partial charge in [0.05, 0.1) is 23.8 Å². The van der Waals surface area contributed by atoms with Gasteiger partial charge in [-0.3, -0.25) is 14.7 Å². The molecule has 178 valence electrons. The molecule has 1 aliphatic heterocycles. The molecule has 2 aromatic heterocycles. The van der Waals surface area contributed by atoms with Crippen LogP contribution in [0.15, 0.2) is 91.3 Å². The van der Waals surface area contributed by atoms with Gasteiger partial charge in [0.2, 0.25) is 5.91 Å². The second-order valence-electron chi connectivity index (χ2n) is 8.43. The lowest BCUT2D eigenvalue weighted by Gasteiger charge is -2.31. The lowest BCUT2D eigenvalue weighted by molar-refractivity contribution is -0.119. The van der Waals surface area contributed by atoms with Crippen LogP contribution >= 0.6 is 11.3 Å². The van der Waals surface area contributed by atoms with Crippen LogP contribution in [-0.2, 0) is 11.3 Å². The highest BCUT2D eigenvalue weighted by molar-refractivity contribution is 7.22. The van der Waals surface area contributed by atoms with Gasteiger partial charge in [-0.25, -0.2) is 4.98 Å². The van der Waals surface area contributed by atoms with Crippen LogP contribution in [0.2, 0.25) is 0 Å². The fraction of sp³-hybridized carbons (Fsp3) is 0.138. The molecule has 7 heteroatoms. The van der Waals surface area contributed by atoms with Gasteiger partial charge in [-0.05, 0) is 42.8 Å². The molecule has 0 aliphatic carbocycles. The maximum absolute atomic E-state index is 14.5. The Bertz CT molecular complexity index is 1500. The second kappa shape index (κ2) is 9.43. The maximum Gasteiger partial charge on any atom is 0.241 e. The summed E-state index contributed by atoms with van der Waals surface area (Å²) < 4.78 is 12.9. The zero-order chi connectivity index (χ0) is 24.5. The Kier molecular flexibility index (Phi) is 5.83. The van der Waals surface area contributed by atoms with Gasteiger partial charge in [0.15, 0.2) is 5.13 Å². The highest BCUT2D eigenvalue weighted by atomic mass is 32.1. The fourth-order valence-electron chi connectivity index (χ4n) is 4.54. The van der Waals surface area contributed by atoms with E-state index >= 15 is 0 Å². The molecule has 6 rings (SSSR count). The van der Waals surface area contributed by atoms with Crippen molar-refractivity contribution in [2.45, 2.75) is 19.4 Å². The topological polar surface area (TPSA) is 64.5 Å². The molecule has 0 saturated carbocycles. The number of hydrogen-bond acceptors (Lipinski definition) is 6. The first kappa shape index (κ1) is 22.2. The Balaban J connectivity index is 1.49. The third kappa shape index (κ3) is 3.97. The molecule has 3 heterocycles. The second-order valence-corrected chi connectivity index (χ2v) is 9.44. The van der Waals surface area contributed by atoms with E-state index in [1.54, 1.807) is 17.3 Å². The molecule has 0 bridgehead atoms. The Morgan fingerprint density at radius 1 is 0.972 bits per heavy atom. The quantitative estimate of drug-likeness (QED) is 0.268. The highest BCUT2D eigenvalue weighted by Gasteiger charge is 2.36.